The molecular formula is C15H22FN3O. The van der Waals surface area contributed by atoms with Gasteiger partial charge in [0.1, 0.15) is 5.82 Å². The highest BCUT2D eigenvalue weighted by Gasteiger charge is 2.21. The first-order valence-electron chi connectivity index (χ1n) is 7.07. The van der Waals surface area contributed by atoms with Crippen molar-refractivity contribution in [3.8, 4) is 0 Å². The van der Waals surface area contributed by atoms with Crippen LogP contribution in [0.1, 0.15) is 37.0 Å². The van der Waals surface area contributed by atoms with Crippen LogP contribution >= 0.6 is 0 Å². The largest absolute Gasteiger partial charge is 0.380 e. The van der Waals surface area contributed by atoms with Crippen molar-refractivity contribution in [2.24, 2.45) is 5.73 Å². The zero-order chi connectivity index (χ0) is 14.7. The molecule has 1 amide bonds. The van der Waals surface area contributed by atoms with Gasteiger partial charge >= 0.3 is 0 Å². The summed E-state index contributed by atoms with van der Waals surface area (Å²) in [5, 5.41) is 3.19. The Morgan fingerprint density at radius 2 is 2.05 bits per heavy atom. The summed E-state index contributed by atoms with van der Waals surface area (Å²) < 4.78 is 13.8. The van der Waals surface area contributed by atoms with Crippen molar-refractivity contribution in [2.75, 3.05) is 18.4 Å². The number of nitrogens with one attached hydrogen (secondary N) is 1. The minimum atomic E-state index is -0.539. The molecule has 0 bridgehead atoms. The maximum atomic E-state index is 13.8. The van der Waals surface area contributed by atoms with Gasteiger partial charge in [-0.2, -0.15) is 0 Å². The van der Waals surface area contributed by atoms with Crippen LogP contribution in [0.15, 0.2) is 18.2 Å². The molecule has 4 nitrogen and oxygen atoms in total. The Kier molecular flexibility index (Phi) is 4.60. The van der Waals surface area contributed by atoms with E-state index in [1.165, 1.54) is 18.2 Å². The number of hydrogen-bond acceptors (Lipinski definition) is 3. The molecule has 0 radical (unpaired) electrons. The number of carbonyl (C=O) groups is 1. The van der Waals surface area contributed by atoms with E-state index in [4.69, 9.17) is 5.73 Å². The summed E-state index contributed by atoms with van der Waals surface area (Å²) in [7, 11) is 0. The van der Waals surface area contributed by atoms with Crippen molar-refractivity contribution in [3.63, 3.8) is 0 Å². The number of anilines is 1. The molecule has 0 atom stereocenters. The molecule has 1 aromatic carbocycles. The van der Waals surface area contributed by atoms with Crippen molar-refractivity contribution in [2.45, 2.75) is 38.8 Å². The van der Waals surface area contributed by atoms with Crippen molar-refractivity contribution in [1.29, 1.82) is 0 Å². The SMILES string of the molecule is CC(C)N1CCC(Nc2cc(C(N)=O)ccc2F)CC1. The third-order valence-corrected chi connectivity index (χ3v) is 3.87. The van der Waals surface area contributed by atoms with E-state index in [0.29, 0.717) is 17.3 Å². The summed E-state index contributed by atoms with van der Waals surface area (Å²) in [6.07, 6.45) is 1.94. The van der Waals surface area contributed by atoms with Crippen LogP contribution in [0.5, 0.6) is 0 Å². The summed E-state index contributed by atoms with van der Waals surface area (Å²) in [6.45, 7) is 6.38. The van der Waals surface area contributed by atoms with Crippen LogP contribution in [0.2, 0.25) is 0 Å². The average Bonchev–Trinajstić information content (AvgIpc) is 2.41. The van der Waals surface area contributed by atoms with Crippen LogP contribution in [-0.2, 0) is 0 Å². The fourth-order valence-electron chi connectivity index (χ4n) is 2.57. The fourth-order valence-corrected chi connectivity index (χ4v) is 2.57. The first kappa shape index (κ1) is 14.8. The van der Waals surface area contributed by atoms with E-state index in [1.54, 1.807) is 0 Å². The minimum Gasteiger partial charge on any atom is -0.380 e. The molecule has 20 heavy (non-hydrogen) atoms. The van der Waals surface area contributed by atoms with E-state index in [9.17, 15) is 9.18 Å². The molecule has 5 heteroatoms. The molecule has 0 aromatic heterocycles. The van der Waals surface area contributed by atoms with Gasteiger partial charge in [-0.05, 0) is 44.9 Å². The van der Waals surface area contributed by atoms with Crippen molar-refractivity contribution >= 4 is 11.6 Å². The topological polar surface area (TPSA) is 58.4 Å². The first-order chi connectivity index (χ1) is 9.47. The van der Waals surface area contributed by atoms with Gasteiger partial charge in [-0.15, -0.1) is 0 Å². The molecule has 3 N–H and O–H groups in total. The van der Waals surface area contributed by atoms with Gasteiger partial charge in [0.05, 0.1) is 5.69 Å². The normalized spacial score (nSPS) is 17.4. The van der Waals surface area contributed by atoms with Gasteiger partial charge in [0, 0.05) is 30.7 Å². The molecule has 1 aromatic rings. The molecule has 1 saturated heterocycles. The van der Waals surface area contributed by atoms with Gasteiger partial charge in [0.25, 0.3) is 0 Å². The number of nitrogens with two attached hydrogens (primary N) is 1. The molecule has 1 heterocycles. The van der Waals surface area contributed by atoms with Crippen LogP contribution < -0.4 is 11.1 Å². The maximum Gasteiger partial charge on any atom is 0.248 e. The Morgan fingerprint density at radius 1 is 1.40 bits per heavy atom. The van der Waals surface area contributed by atoms with Gasteiger partial charge in [-0.1, -0.05) is 0 Å². The monoisotopic (exact) mass is 279 g/mol. The lowest BCUT2D eigenvalue weighted by Crippen LogP contribution is -2.42. The third-order valence-electron chi connectivity index (χ3n) is 3.87. The number of benzene rings is 1. The maximum absolute atomic E-state index is 13.8. The third kappa shape index (κ3) is 3.48. The van der Waals surface area contributed by atoms with Crippen LogP contribution in [0, 0.1) is 5.82 Å². The zero-order valence-electron chi connectivity index (χ0n) is 12.0. The molecule has 110 valence electrons. The lowest BCUT2D eigenvalue weighted by molar-refractivity contribution is 0.100. The lowest BCUT2D eigenvalue weighted by atomic mass is 10.0. The quantitative estimate of drug-likeness (QED) is 0.888. The summed E-state index contributed by atoms with van der Waals surface area (Å²) in [4.78, 5) is 13.6. The number of amides is 1. The number of nitrogens with zero attached hydrogens (tertiary/aromatic N) is 1. The van der Waals surface area contributed by atoms with Crippen LogP contribution in [0.3, 0.4) is 0 Å². The predicted molar refractivity (Wildman–Crippen MR) is 78.3 cm³/mol. The second-order valence-electron chi connectivity index (χ2n) is 5.61. The highest BCUT2D eigenvalue weighted by Crippen LogP contribution is 2.21. The Labute approximate surface area is 119 Å². The van der Waals surface area contributed by atoms with E-state index >= 15 is 0 Å². The van der Waals surface area contributed by atoms with Crippen LogP contribution in [0.4, 0.5) is 10.1 Å². The summed E-state index contributed by atoms with van der Waals surface area (Å²) in [5.74, 6) is -0.885. The molecular weight excluding hydrogens is 257 g/mol. The summed E-state index contributed by atoms with van der Waals surface area (Å²) in [6, 6.07) is 4.97. The van der Waals surface area contributed by atoms with E-state index in [2.05, 4.69) is 24.1 Å². The molecule has 0 saturated carbocycles. The van der Waals surface area contributed by atoms with Gasteiger partial charge in [0.15, 0.2) is 0 Å². The Balaban J connectivity index is 2.00. The van der Waals surface area contributed by atoms with E-state index < -0.39 is 5.91 Å². The smallest absolute Gasteiger partial charge is 0.248 e. The number of carbonyl (C=O) groups excluding carboxylic acids is 1. The lowest BCUT2D eigenvalue weighted by Gasteiger charge is -2.35. The van der Waals surface area contributed by atoms with Crippen molar-refractivity contribution in [1.82, 2.24) is 4.90 Å². The minimum absolute atomic E-state index is 0.239. The van der Waals surface area contributed by atoms with E-state index in [1.807, 2.05) is 0 Å². The summed E-state index contributed by atoms with van der Waals surface area (Å²) >= 11 is 0. The van der Waals surface area contributed by atoms with Crippen LogP contribution in [-0.4, -0.2) is 36.0 Å². The fraction of sp³-hybridized carbons (Fsp3) is 0.533. The van der Waals surface area contributed by atoms with E-state index in [-0.39, 0.29) is 11.9 Å². The first-order valence-corrected chi connectivity index (χ1v) is 7.07. The van der Waals surface area contributed by atoms with Crippen molar-refractivity contribution in [3.05, 3.63) is 29.6 Å². The Bertz CT molecular complexity index is 482. The number of rotatable bonds is 4. The average molecular weight is 279 g/mol. The predicted octanol–water partition coefficient (Wildman–Crippen LogP) is 2.21. The zero-order valence-corrected chi connectivity index (χ0v) is 12.0. The summed E-state index contributed by atoms with van der Waals surface area (Å²) in [5.41, 5.74) is 5.91. The van der Waals surface area contributed by atoms with Gasteiger partial charge < -0.3 is 16.0 Å². The molecule has 1 aliphatic heterocycles. The highest BCUT2D eigenvalue weighted by molar-refractivity contribution is 5.93. The molecule has 2 rings (SSSR count). The van der Waals surface area contributed by atoms with Gasteiger partial charge in [0.2, 0.25) is 5.91 Å². The number of likely N-dealkylation sites (tertiary alicyclic amines) is 1. The molecule has 1 fully saturated rings. The van der Waals surface area contributed by atoms with Gasteiger partial charge in [-0.3, -0.25) is 4.79 Å². The molecule has 1 aliphatic rings. The number of halogens is 1. The molecule has 0 unspecified atom stereocenters. The number of piperidine rings is 1. The second-order valence-corrected chi connectivity index (χ2v) is 5.61. The number of hydrogen-bond donors (Lipinski definition) is 2. The molecule has 0 spiro atoms. The highest BCUT2D eigenvalue weighted by atomic mass is 19.1. The van der Waals surface area contributed by atoms with Gasteiger partial charge in [-0.25, -0.2) is 4.39 Å². The Hall–Kier alpha value is -1.62. The van der Waals surface area contributed by atoms with Crippen LogP contribution in [0.25, 0.3) is 0 Å². The molecule has 0 aliphatic carbocycles. The number of primary amides is 1. The van der Waals surface area contributed by atoms with E-state index in [0.717, 1.165) is 25.9 Å². The Morgan fingerprint density at radius 3 is 2.60 bits per heavy atom. The standard InChI is InChI=1S/C15H22FN3O/c1-10(2)19-7-5-12(6-8-19)18-14-9-11(15(17)20)3-4-13(14)16/h3-4,9-10,12,18H,5-8H2,1-2H3,(H2,17,20). The second kappa shape index (κ2) is 6.22. The van der Waals surface area contributed by atoms with Crippen molar-refractivity contribution < 1.29 is 9.18 Å².